The Morgan fingerprint density at radius 2 is 2.11 bits per heavy atom. The number of carbonyl (C=O) groups excluding carboxylic acids is 2. The highest BCUT2D eigenvalue weighted by molar-refractivity contribution is 7.17. The number of nitrogens with one attached hydrogen (secondary N) is 2. The van der Waals surface area contributed by atoms with Gasteiger partial charge in [0.05, 0.1) is 6.61 Å². The van der Waals surface area contributed by atoms with Crippen LogP contribution in [0.5, 0.6) is 0 Å². The minimum absolute atomic E-state index is 0.150. The monoisotopic (exact) mass is 292 g/mol. The van der Waals surface area contributed by atoms with Crippen molar-refractivity contribution in [3.8, 4) is 0 Å². The maximum absolute atomic E-state index is 11.5. The Hall–Kier alpha value is -1.25. The molecule has 0 aromatic carbocycles. The standard InChI is InChI=1S/C9H13ClN4O3S/c1-17-5-4-11-6(15)2-3-12-7(16)8-13-14-9(10)18-8/h2-5H2,1H3,(H,11,15)(H,12,16). The predicted molar refractivity (Wildman–Crippen MR) is 66.8 cm³/mol. The molecule has 2 amide bonds. The van der Waals surface area contributed by atoms with Crippen molar-refractivity contribution in [2.75, 3.05) is 26.8 Å². The predicted octanol–water partition coefficient (Wildman–Crippen LogP) is 0.0740. The molecule has 18 heavy (non-hydrogen) atoms. The Kier molecular flexibility index (Phi) is 6.55. The van der Waals surface area contributed by atoms with Crippen LogP contribution in [0.25, 0.3) is 0 Å². The van der Waals surface area contributed by atoms with Crippen molar-refractivity contribution in [2.45, 2.75) is 6.42 Å². The second-order valence-electron chi connectivity index (χ2n) is 3.21. The number of carbonyl (C=O) groups is 2. The Balaban J connectivity index is 2.17. The maximum Gasteiger partial charge on any atom is 0.282 e. The molecule has 0 unspecified atom stereocenters. The van der Waals surface area contributed by atoms with Crippen molar-refractivity contribution in [3.05, 3.63) is 9.47 Å². The topological polar surface area (TPSA) is 93.2 Å². The van der Waals surface area contributed by atoms with Gasteiger partial charge in [-0.1, -0.05) is 11.3 Å². The molecule has 0 saturated carbocycles. The van der Waals surface area contributed by atoms with E-state index in [4.69, 9.17) is 16.3 Å². The summed E-state index contributed by atoms with van der Waals surface area (Å²) in [5.41, 5.74) is 0. The molecule has 0 radical (unpaired) electrons. The molecule has 100 valence electrons. The molecule has 0 aliphatic carbocycles. The van der Waals surface area contributed by atoms with Crippen LogP contribution in [0.4, 0.5) is 0 Å². The third kappa shape index (κ3) is 5.39. The molecule has 0 aliphatic heterocycles. The maximum atomic E-state index is 11.5. The number of amides is 2. The van der Waals surface area contributed by atoms with E-state index in [0.717, 1.165) is 11.3 Å². The van der Waals surface area contributed by atoms with Crippen molar-refractivity contribution in [2.24, 2.45) is 0 Å². The van der Waals surface area contributed by atoms with Gasteiger partial charge in [-0.05, 0) is 11.6 Å². The number of hydrogen-bond donors (Lipinski definition) is 2. The highest BCUT2D eigenvalue weighted by Gasteiger charge is 2.11. The summed E-state index contributed by atoms with van der Waals surface area (Å²) in [5, 5.41) is 12.5. The highest BCUT2D eigenvalue weighted by atomic mass is 35.5. The lowest BCUT2D eigenvalue weighted by atomic mass is 10.4. The van der Waals surface area contributed by atoms with Gasteiger partial charge < -0.3 is 15.4 Å². The normalized spacial score (nSPS) is 10.1. The molecule has 0 aliphatic rings. The van der Waals surface area contributed by atoms with Crippen molar-refractivity contribution >= 4 is 34.8 Å². The number of aromatic nitrogens is 2. The van der Waals surface area contributed by atoms with Crippen LogP contribution in [0, 0.1) is 0 Å². The molecular weight excluding hydrogens is 280 g/mol. The van der Waals surface area contributed by atoms with E-state index in [1.54, 1.807) is 7.11 Å². The lowest BCUT2D eigenvalue weighted by Crippen LogP contribution is -2.32. The van der Waals surface area contributed by atoms with Crippen LogP contribution >= 0.6 is 22.9 Å². The molecule has 0 fully saturated rings. The number of ether oxygens (including phenoxy) is 1. The molecule has 7 nitrogen and oxygen atoms in total. The third-order valence-corrected chi connectivity index (χ3v) is 2.88. The summed E-state index contributed by atoms with van der Waals surface area (Å²) in [7, 11) is 1.56. The Labute approximate surface area is 113 Å². The second kappa shape index (κ2) is 7.96. The SMILES string of the molecule is COCCNC(=O)CCNC(=O)c1nnc(Cl)s1. The van der Waals surface area contributed by atoms with Gasteiger partial charge in [0.1, 0.15) is 0 Å². The van der Waals surface area contributed by atoms with Gasteiger partial charge >= 0.3 is 0 Å². The van der Waals surface area contributed by atoms with E-state index in [0.29, 0.717) is 13.2 Å². The minimum atomic E-state index is -0.385. The fraction of sp³-hybridized carbons (Fsp3) is 0.556. The van der Waals surface area contributed by atoms with Crippen LogP contribution in [0.3, 0.4) is 0 Å². The van der Waals surface area contributed by atoms with Crippen LogP contribution in [-0.2, 0) is 9.53 Å². The minimum Gasteiger partial charge on any atom is -0.383 e. The zero-order chi connectivity index (χ0) is 13.4. The van der Waals surface area contributed by atoms with Gasteiger partial charge in [0.15, 0.2) is 0 Å². The summed E-state index contributed by atoms with van der Waals surface area (Å²) in [6, 6.07) is 0. The number of halogens is 1. The Morgan fingerprint density at radius 3 is 2.72 bits per heavy atom. The molecule has 9 heteroatoms. The summed E-state index contributed by atoms with van der Waals surface area (Å²) in [5.74, 6) is -0.535. The number of rotatable bonds is 7. The van der Waals surface area contributed by atoms with Crippen molar-refractivity contribution in [1.82, 2.24) is 20.8 Å². The van der Waals surface area contributed by atoms with Gasteiger partial charge in [-0.25, -0.2) is 0 Å². The van der Waals surface area contributed by atoms with Crippen molar-refractivity contribution in [3.63, 3.8) is 0 Å². The quantitative estimate of drug-likeness (QED) is 0.694. The first-order valence-electron chi connectivity index (χ1n) is 5.16. The van der Waals surface area contributed by atoms with E-state index in [-0.39, 0.29) is 34.3 Å². The second-order valence-corrected chi connectivity index (χ2v) is 4.77. The average molecular weight is 293 g/mol. The molecule has 0 spiro atoms. The number of hydrogen-bond acceptors (Lipinski definition) is 6. The largest absolute Gasteiger partial charge is 0.383 e. The molecule has 2 N–H and O–H groups in total. The van der Waals surface area contributed by atoms with Crippen LogP contribution < -0.4 is 10.6 Å². The molecule has 0 atom stereocenters. The molecule has 0 saturated heterocycles. The van der Waals surface area contributed by atoms with Crippen molar-refractivity contribution in [1.29, 1.82) is 0 Å². The van der Waals surface area contributed by atoms with Gasteiger partial charge in [-0.3, -0.25) is 9.59 Å². The lowest BCUT2D eigenvalue weighted by molar-refractivity contribution is -0.121. The van der Waals surface area contributed by atoms with E-state index in [1.807, 2.05) is 0 Å². The van der Waals surface area contributed by atoms with Crippen LogP contribution in [-0.4, -0.2) is 48.8 Å². The molecule has 1 aromatic heterocycles. The molecular formula is C9H13ClN4O3S. The van der Waals surface area contributed by atoms with Gasteiger partial charge in [0.2, 0.25) is 15.4 Å². The van der Waals surface area contributed by atoms with Gasteiger partial charge in [0.25, 0.3) is 5.91 Å². The molecule has 1 rings (SSSR count). The first-order valence-corrected chi connectivity index (χ1v) is 6.35. The number of nitrogens with zero attached hydrogens (tertiary/aromatic N) is 2. The first kappa shape index (κ1) is 14.8. The van der Waals surface area contributed by atoms with Gasteiger partial charge in [0, 0.05) is 26.6 Å². The number of methoxy groups -OCH3 is 1. The molecule has 0 bridgehead atoms. The smallest absolute Gasteiger partial charge is 0.282 e. The highest BCUT2D eigenvalue weighted by Crippen LogP contribution is 2.14. The molecule has 1 heterocycles. The summed E-state index contributed by atoms with van der Waals surface area (Å²) >= 11 is 6.53. The Morgan fingerprint density at radius 1 is 1.33 bits per heavy atom. The van der Waals surface area contributed by atoms with Crippen LogP contribution in [0.15, 0.2) is 0 Å². The van der Waals surface area contributed by atoms with Crippen LogP contribution in [0.1, 0.15) is 16.2 Å². The van der Waals surface area contributed by atoms with Crippen LogP contribution in [0.2, 0.25) is 4.47 Å². The van der Waals surface area contributed by atoms with Gasteiger partial charge in [-0.15, -0.1) is 10.2 Å². The molecule has 1 aromatic rings. The van der Waals surface area contributed by atoms with E-state index in [1.165, 1.54) is 0 Å². The summed E-state index contributed by atoms with van der Waals surface area (Å²) in [4.78, 5) is 22.8. The average Bonchev–Trinajstić information content (AvgIpc) is 2.76. The van der Waals surface area contributed by atoms with E-state index in [9.17, 15) is 9.59 Å². The zero-order valence-corrected chi connectivity index (χ0v) is 11.3. The van der Waals surface area contributed by atoms with E-state index >= 15 is 0 Å². The first-order chi connectivity index (χ1) is 8.63. The van der Waals surface area contributed by atoms with E-state index in [2.05, 4.69) is 20.8 Å². The third-order valence-electron chi connectivity index (χ3n) is 1.86. The van der Waals surface area contributed by atoms with E-state index < -0.39 is 0 Å². The van der Waals surface area contributed by atoms with Crippen molar-refractivity contribution < 1.29 is 14.3 Å². The summed E-state index contributed by atoms with van der Waals surface area (Å²) < 4.78 is 4.99. The summed E-state index contributed by atoms with van der Waals surface area (Å²) in [6.45, 7) is 1.14. The zero-order valence-electron chi connectivity index (χ0n) is 9.73. The summed E-state index contributed by atoms with van der Waals surface area (Å²) in [6.07, 6.45) is 0.196. The lowest BCUT2D eigenvalue weighted by Gasteiger charge is -2.04. The fourth-order valence-corrected chi connectivity index (χ4v) is 1.79. The fourth-order valence-electron chi connectivity index (χ4n) is 1.04. The Bertz CT molecular complexity index is 412. The van der Waals surface area contributed by atoms with Gasteiger partial charge in [-0.2, -0.15) is 0 Å².